The van der Waals surface area contributed by atoms with Gasteiger partial charge in [-0.2, -0.15) is 10.1 Å². The lowest BCUT2D eigenvalue weighted by molar-refractivity contribution is -0.132. The first kappa shape index (κ1) is 18.1. The Kier molecular flexibility index (Phi) is 5.31. The van der Waals surface area contributed by atoms with E-state index in [1.807, 2.05) is 29.2 Å². The van der Waals surface area contributed by atoms with Gasteiger partial charge in [-0.15, -0.1) is 0 Å². The Morgan fingerprint density at radius 3 is 2.75 bits per heavy atom. The average Bonchev–Trinajstić information content (AvgIpc) is 3.44. The number of benzene rings is 1. The molecule has 0 atom stereocenters. The van der Waals surface area contributed by atoms with Gasteiger partial charge in [-0.3, -0.25) is 9.89 Å². The number of rotatable bonds is 6. The average molecular weight is 382 g/mol. The zero-order chi connectivity index (χ0) is 19.3. The smallest absolute Gasteiger partial charge is 0.227 e. The molecule has 0 saturated carbocycles. The zero-order valence-corrected chi connectivity index (χ0v) is 15.7. The molecule has 0 radical (unpaired) electrons. The number of amides is 1. The summed E-state index contributed by atoms with van der Waals surface area (Å²) in [6, 6.07) is 7.43. The first-order chi connectivity index (χ1) is 13.7. The highest BCUT2D eigenvalue weighted by Gasteiger charge is 2.25. The van der Waals surface area contributed by atoms with E-state index in [4.69, 9.17) is 9.26 Å². The number of carbonyl (C=O) groups excluding carboxylic acids is 1. The molecule has 1 N–H and O–H groups in total. The molecule has 0 spiro atoms. The molecule has 2 aromatic heterocycles. The molecule has 146 valence electrons. The summed E-state index contributed by atoms with van der Waals surface area (Å²) in [6.07, 6.45) is 4.10. The van der Waals surface area contributed by atoms with Crippen LogP contribution in [-0.2, 0) is 11.2 Å². The van der Waals surface area contributed by atoms with Crippen LogP contribution < -0.4 is 4.74 Å². The van der Waals surface area contributed by atoms with Crippen LogP contribution in [0.2, 0.25) is 0 Å². The lowest BCUT2D eigenvalue weighted by Gasteiger charge is -2.31. The maximum atomic E-state index is 12.5. The van der Waals surface area contributed by atoms with Crippen molar-refractivity contribution < 1.29 is 14.1 Å². The second-order valence-electron chi connectivity index (χ2n) is 6.77. The predicted octanol–water partition coefficient (Wildman–Crippen LogP) is 2.20. The summed E-state index contributed by atoms with van der Waals surface area (Å²) in [7, 11) is 1.62. The fourth-order valence-corrected chi connectivity index (χ4v) is 3.40. The molecule has 4 rings (SSSR count). The fourth-order valence-electron chi connectivity index (χ4n) is 3.40. The number of aromatic amines is 1. The summed E-state index contributed by atoms with van der Waals surface area (Å²) in [5.41, 5.74) is 0.844. The van der Waals surface area contributed by atoms with Gasteiger partial charge in [0.1, 0.15) is 17.9 Å². The molecule has 1 saturated heterocycles. The summed E-state index contributed by atoms with van der Waals surface area (Å²) in [6.45, 7) is 1.45. The van der Waals surface area contributed by atoms with Crippen LogP contribution in [-0.4, -0.2) is 56.3 Å². The monoisotopic (exact) mass is 382 g/mol. The summed E-state index contributed by atoms with van der Waals surface area (Å²) >= 11 is 0. The van der Waals surface area contributed by atoms with Crippen LogP contribution in [0.15, 0.2) is 35.1 Å². The molecule has 1 amide bonds. The number of nitrogens with zero attached hydrogens (tertiary/aromatic N) is 5. The van der Waals surface area contributed by atoms with Gasteiger partial charge in [0.2, 0.25) is 17.6 Å². The molecule has 3 heterocycles. The number of likely N-dealkylation sites (tertiary alicyclic amines) is 1. The van der Waals surface area contributed by atoms with Gasteiger partial charge in [0.05, 0.1) is 7.11 Å². The predicted molar refractivity (Wildman–Crippen MR) is 99.5 cm³/mol. The van der Waals surface area contributed by atoms with Crippen molar-refractivity contribution in [3.8, 4) is 17.1 Å². The van der Waals surface area contributed by atoms with Crippen LogP contribution in [0.4, 0.5) is 0 Å². The minimum absolute atomic E-state index is 0.111. The van der Waals surface area contributed by atoms with E-state index >= 15 is 0 Å². The normalized spacial score (nSPS) is 15.0. The number of methoxy groups -OCH3 is 1. The molecule has 9 heteroatoms. The number of piperidine rings is 1. The quantitative estimate of drug-likeness (QED) is 0.696. The summed E-state index contributed by atoms with van der Waals surface area (Å²) in [5.74, 6) is 3.11. The maximum Gasteiger partial charge on any atom is 0.227 e. The number of ether oxygens (including phenoxy) is 1. The SMILES string of the molecule is COc1ccc(-c2noc(CCC(=O)N3CCC(c4ncn[nH]4)CC3)n2)cc1. The van der Waals surface area contributed by atoms with E-state index in [2.05, 4.69) is 25.3 Å². The second kappa shape index (κ2) is 8.20. The van der Waals surface area contributed by atoms with E-state index in [-0.39, 0.29) is 5.91 Å². The Morgan fingerprint density at radius 2 is 2.07 bits per heavy atom. The summed E-state index contributed by atoms with van der Waals surface area (Å²) < 4.78 is 10.4. The van der Waals surface area contributed by atoms with Crippen molar-refractivity contribution in [3.05, 3.63) is 42.3 Å². The Bertz CT molecular complexity index is 898. The van der Waals surface area contributed by atoms with Gasteiger partial charge >= 0.3 is 0 Å². The van der Waals surface area contributed by atoms with E-state index in [0.29, 0.717) is 30.5 Å². The first-order valence-corrected chi connectivity index (χ1v) is 9.33. The number of nitrogens with one attached hydrogen (secondary N) is 1. The van der Waals surface area contributed by atoms with Crippen molar-refractivity contribution in [3.63, 3.8) is 0 Å². The maximum absolute atomic E-state index is 12.5. The molecule has 1 aromatic carbocycles. The minimum Gasteiger partial charge on any atom is -0.497 e. The van der Waals surface area contributed by atoms with Gasteiger partial charge in [0.15, 0.2) is 0 Å². The number of carbonyl (C=O) groups is 1. The number of aryl methyl sites for hydroxylation is 1. The third-order valence-electron chi connectivity index (χ3n) is 5.04. The molecule has 3 aromatic rings. The molecule has 0 aliphatic carbocycles. The lowest BCUT2D eigenvalue weighted by atomic mass is 9.96. The van der Waals surface area contributed by atoms with E-state index in [9.17, 15) is 4.79 Å². The van der Waals surface area contributed by atoms with Gasteiger partial charge < -0.3 is 14.2 Å². The molecule has 1 fully saturated rings. The van der Waals surface area contributed by atoms with Gasteiger partial charge in [-0.05, 0) is 37.1 Å². The highest BCUT2D eigenvalue weighted by molar-refractivity contribution is 5.76. The van der Waals surface area contributed by atoms with Crippen LogP contribution in [0.3, 0.4) is 0 Å². The van der Waals surface area contributed by atoms with Crippen LogP contribution in [0.5, 0.6) is 5.75 Å². The minimum atomic E-state index is 0.111. The third kappa shape index (κ3) is 4.03. The van der Waals surface area contributed by atoms with Crippen LogP contribution in [0.25, 0.3) is 11.4 Å². The highest BCUT2D eigenvalue weighted by Crippen LogP contribution is 2.25. The van der Waals surface area contributed by atoms with E-state index in [0.717, 1.165) is 43.1 Å². The van der Waals surface area contributed by atoms with Crippen LogP contribution in [0, 0.1) is 0 Å². The number of hydrogen-bond acceptors (Lipinski definition) is 7. The summed E-state index contributed by atoms with van der Waals surface area (Å²) in [5, 5.41) is 10.8. The molecular weight excluding hydrogens is 360 g/mol. The molecule has 1 aliphatic rings. The molecular formula is C19H22N6O3. The Hall–Kier alpha value is -3.23. The Labute approximate surface area is 162 Å². The van der Waals surface area contributed by atoms with Gasteiger partial charge in [0.25, 0.3) is 0 Å². The molecule has 0 bridgehead atoms. The van der Waals surface area contributed by atoms with Crippen molar-refractivity contribution in [1.29, 1.82) is 0 Å². The van der Waals surface area contributed by atoms with E-state index in [1.165, 1.54) is 6.33 Å². The van der Waals surface area contributed by atoms with Crippen LogP contribution >= 0.6 is 0 Å². The van der Waals surface area contributed by atoms with Crippen molar-refractivity contribution in [2.24, 2.45) is 0 Å². The molecule has 28 heavy (non-hydrogen) atoms. The third-order valence-corrected chi connectivity index (χ3v) is 5.04. The summed E-state index contributed by atoms with van der Waals surface area (Å²) in [4.78, 5) is 23.0. The molecule has 1 aliphatic heterocycles. The highest BCUT2D eigenvalue weighted by atomic mass is 16.5. The van der Waals surface area contributed by atoms with Crippen LogP contribution in [0.1, 0.15) is 36.9 Å². The number of hydrogen-bond donors (Lipinski definition) is 1. The zero-order valence-electron chi connectivity index (χ0n) is 15.7. The molecule has 9 nitrogen and oxygen atoms in total. The number of aromatic nitrogens is 5. The standard InChI is InChI=1S/C19H22N6O3/c1-27-15-4-2-13(3-5-15)19-22-16(28-24-19)6-7-17(26)25-10-8-14(9-11-25)18-20-12-21-23-18/h2-5,12,14H,6-11H2,1H3,(H,20,21,23). The second-order valence-corrected chi connectivity index (χ2v) is 6.77. The van der Waals surface area contributed by atoms with Gasteiger partial charge in [-0.25, -0.2) is 4.98 Å². The topological polar surface area (TPSA) is 110 Å². The van der Waals surface area contributed by atoms with Crippen molar-refractivity contribution >= 4 is 5.91 Å². The lowest BCUT2D eigenvalue weighted by Crippen LogP contribution is -2.38. The molecule has 0 unspecified atom stereocenters. The van der Waals surface area contributed by atoms with Crippen molar-refractivity contribution in [2.45, 2.75) is 31.6 Å². The van der Waals surface area contributed by atoms with Gasteiger partial charge in [-0.1, -0.05) is 5.16 Å². The van der Waals surface area contributed by atoms with E-state index < -0.39 is 0 Å². The van der Waals surface area contributed by atoms with Crippen molar-refractivity contribution in [1.82, 2.24) is 30.2 Å². The largest absolute Gasteiger partial charge is 0.497 e. The Morgan fingerprint density at radius 1 is 1.29 bits per heavy atom. The number of H-pyrrole nitrogens is 1. The van der Waals surface area contributed by atoms with Gasteiger partial charge in [0, 0.05) is 37.4 Å². The fraction of sp³-hybridized carbons (Fsp3) is 0.421. The first-order valence-electron chi connectivity index (χ1n) is 9.33. The van der Waals surface area contributed by atoms with Crippen molar-refractivity contribution in [2.75, 3.05) is 20.2 Å². The Balaban J connectivity index is 1.27. The van der Waals surface area contributed by atoms with E-state index in [1.54, 1.807) is 7.11 Å².